The summed E-state index contributed by atoms with van der Waals surface area (Å²) in [5.74, 6) is 1.91. The van der Waals surface area contributed by atoms with Gasteiger partial charge < -0.3 is 10.8 Å². The van der Waals surface area contributed by atoms with Crippen LogP contribution in [0.25, 0.3) is 0 Å². The van der Waals surface area contributed by atoms with E-state index in [0.717, 1.165) is 24.7 Å². The Labute approximate surface area is 67.8 Å². The number of hydrogen-bond donors (Lipinski definition) is 2. The summed E-state index contributed by atoms with van der Waals surface area (Å²) in [6.07, 6.45) is 5.60. The molecule has 3 N–H and O–H groups in total. The molecule has 0 spiro atoms. The third-order valence-corrected chi connectivity index (χ3v) is 3.27. The van der Waals surface area contributed by atoms with Crippen LogP contribution in [0.3, 0.4) is 0 Å². The zero-order valence-corrected chi connectivity index (χ0v) is 6.87. The fraction of sp³-hybridized carbons (Fsp3) is 1.00. The van der Waals surface area contributed by atoms with Gasteiger partial charge in [0.1, 0.15) is 0 Å². The van der Waals surface area contributed by atoms with Gasteiger partial charge in [0, 0.05) is 6.04 Å². The lowest BCUT2D eigenvalue weighted by Gasteiger charge is -2.20. The highest BCUT2D eigenvalue weighted by Gasteiger charge is 2.38. The van der Waals surface area contributed by atoms with Gasteiger partial charge in [0.05, 0.1) is 6.10 Å². The van der Waals surface area contributed by atoms with Crippen molar-refractivity contribution in [2.24, 2.45) is 17.6 Å². The highest BCUT2D eigenvalue weighted by Crippen LogP contribution is 2.46. The molecular formula is C9H17NO. The summed E-state index contributed by atoms with van der Waals surface area (Å²) in [6.45, 7) is 0. The Morgan fingerprint density at radius 1 is 1.00 bits per heavy atom. The Morgan fingerprint density at radius 2 is 1.64 bits per heavy atom. The van der Waals surface area contributed by atoms with Crippen molar-refractivity contribution in [1.82, 2.24) is 0 Å². The van der Waals surface area contributed by atoms with Gasteiger partial charge in [-0.3, -0.25) is 0 Å². The van der Waals surface area contributed by atoms with E-state index in [2.05, 4.69) is 0 Å². The molecule has 2 fully saturated rings. The first-order valence-electron chi connectivity index (χ1n) is 4.71. The van der Waals surface area contributed by atoms with Gasteiger partial charge in [-0.05, 0) is 43.9 Å². The average molecular weight is 155 g/mol. The van der Waals surface area contributed by atoms with Crippen LogP contribution < -0.4 is 5.73 Å². The Hall–Kier alpha value is -0.0800. The lowest BCUT2D eigenvalue weighted by atomic mass is 9.95. The molecule has 0 radical (unpaired) electrons. The van der Waals surface area contributed by atoms with Gasteiger partial charge in [0.15, 0.2) is 0 Å². The van der Waals surface area contributed by atoms with E-state index in [4.69, 9.17) is 5.73 Å². The Balaban J connectivity index is 1.89. The highest BCUT2D eigenvalue weighted by atomic mass is 16.3. The predicted octanol–water partition coefficient (Wildman–Crippen LogP) is 0.885. The summed E-state index contributed by atoms with van der Waals surface area (Å²) < 4.78 is 0. The maximum Gasteiger partial charge on any atom is 0.0691 e. The second kappa shape index (κ2) is 2.76. The lowest BCUT2D eigenvalue weighted by Crippen LogP contribution is -2.35. The molecule has 0 aromatic rings. The number of fused-ring (bicyclic) bond motifs is 1. The van der Waals surface area contributed by atoms with E-state index >= 15 is 0 Å². The first-order valence-corrected chi connectivity index (χ1v) is 4.71. The third-order valence-electron chi connectivity index (χ3n) is 3.27. The molecule has 0 aliphatic heterocycles. The summed E-state index contributed by atoms with van der Waals surface area (Å²) in [5, 5.41) is 9.49. The Morgan fingerprint density at radius 3 is 2.36 bits per heavy atom. The fourth-order valence-corrected chi connectivity index (χ4v) is 2.22. The van der Waals surface area contributed by atoms with E-state index in [1.807, 2.05) is 0 Å². The van der Waals surface area contributed by atoms with Gasteiger partial charge in [-0.2, -0.15) is 0 Å². The second-order valence-corrected chi connectivity index (χ2v) is 4.14. The minimum Gasteiger partial charge on any atom is -0.392 e. The molecule has 4 unspecified atom stereocenters. The number of hydrogen-bond acceptors (Lipinski definition) is 2. The van der Waals surface area contributed by atoms with Crippen LogP contribution in [0.4, 0.5) is 0 Å². The molecule has 64 valence electrons. The molecule has 0 amide bonds. The first kappa shape index (κ1) is 7.56. The van der Waals surface area contributed by atoms with Crippen LogP contribution in [-0.2, 0) is 0 Å². The second-order valence-electron chi connectivity index (χ2n) is 4.14. The number of rotatable bonds is 0. The van der Waals surface area contributed by atoms with Gasteiger partial charge in [0.25, 0.3) is 0 Å². The molecule has 0 bridgehead atoms. The molecule has 11 heavy (non-hydrogen) atoms. The third kappa shape index (κ3) is 1.57. The maximum absolute atomic E-state index is 9.49. The van der Waals surface area contributed by atoms with Crippen molar-refractivity contribution in [3.63, 3.8) is 0 Å². The van der Waals surface area contributed by atoms with Crippen molar-refractivity contribution in [3.05, 3.63) is 0 Å². The highest BCUT2D eigenvalue weighted by molar-refractivity contribution is 4.91. The quantitative estimate of drug-likeness (QED) is 0.545. The van der Waals surface area contributed by atoms with Gasteiger partial charge in [-0.25, -0.2) is 0 Å². The zero-order valence-electron chi connectivity index (χ0n) is 6.87. The van der Waals surface area contributed by atoms with E-state index in [0.29, 0.717) is 0 Å². The normalized spacial score (nSPS) is 50.7. The summed E-state index contributed by atoms with van der Waals surface area (Å²) >= 11 is 0. The number of nitrogens with two attached hydrogens (primary N) is 1. The van der Waals surface area contributed by atoms with Gasteiger partial charge >= 0.3 is 0 Å². The molecule has 0 aromatic heterocycles. The summed E-state index contributed by atoms with van der Waals surface area (Å²) in [5.41, 5.74) is 5.78. The standard InChI is InChI=1S/C9H17NO/c10-8-3-1-6-5-7(6)2-4-9(8)11/h6-9,11H,1-5,10H2. The van der Waals surface area contributed by atoms with Crippen LogP contribution >= 0.6 is 0 Å². The number of aliphatic hydroxyl groups is 1. The van der Waals surface area contributed by atoms with Crippen molar-refractivity contribution in [3.8, 4) is 0 Å². The average Bonchev–Trinajstić information content (AvgIpc) is 2.72. The topological polar surface area (TPSA) is 46.2 Å². The maximum atomic E-state index is 9.49. The largest absolute Gasteiger partial charge is 0.392 e. The molecule has 4 atom stereocenters. The SMILES string of the molecule is NC1CCC2CC2CCC1O. The molecule has 2 nitrogen and oxygen atoms in total. The molecule has 0 heterocycles. The van der Waals surface area contributed by atoms with E-state index in [1.165, 1.54) is 19.3 Å². The van der Waals surface area contributed by atoms with Crippen LogP contribution in [-0.4, -0.2) is 17.3 Å². The van der Waals surface area contributed by atoms with Crippen molar-refractivity contribution < 1.29 is 5.11 Å². The van der Waals surface area contributed by atoms with Crippen molar-refractivity contribution in [2.45, 2.75) is 44.2 Å². The van der Waals surface area contributed by atoms with Crippen LogP contribution in [0, 0.1) is 11.8 Å². The summed E-state index contributed by atoms with van der Waals surface area (Å²) in [6, 6.07) is 0.0524. The van der Waals surface area contributed by atoms with E-state index in [9.17, 15) is 5.11 Å². The molecule has 2 aliphatic carbocycles. The predicted molar refractivity (Wildman–Crippen MR) is 44.0 cm³/mol. The number of aliphatic hydroxyl groups excluding tert-OH is 1. The van der Waals surface area contributed by atoms with Gasteiger partial charge in [-0.1, -0.05) is 0 Å². The summed E-state index contributed by atoms with van der Waals surface area (Å²) in [4.78, 5) is 0. The van der Waals surface area contributed by atoms with E-state index < -0.39 is 0 Å². The van der Waals surface area contributed by atoms with Gasteiger partial charge in [-0.15, -0.1) is 0 Å². The Kier molecular flexibility index (Phi) is 1.90. The van der Waals surface area contributed by atoms with E-state index in [-0.39, 0.29) is 12.1 Å². The van der Waals surface area contributed by atoms with Crippen LogP contribution in [0.5, 0.6) is 0 Å². The van der Waals surface area contributed by atoms with E-state index in [1.54, 1.807) is 0 Å². The fourth-order valence-electron chi connectivity index (χ4n) is 2.22. The minimum absolute atomic E-state index is 0.0524. The molecule has 2 saturated carbocycles. The smallest absolute Gasteiger partial charge is 0.0691 e. The molecular weight excluding hydrogens is 138 g/mol. The van der Waals surface area contributed by atoms with Crippen molar-refractivity contribution in [1.29, 1.82) is 0 Å². The monoisotopic (exact) mass is 155 g/mol. The molecule has 2 aliphatic rings. The molecule has 2 rings (SSSR count). The Bertz CT molecular complexity index is 132. The molecule has 2 heteroatoms. The van der Waals surface area contributed by atoms with Crippen molar-refractivity contribution in [2.75, 3.05) is 0 Å². The molecule has 0 aromatic carbocycles. The van der Waals surface area contributed by atoms with Crippen LogP contribution in [0.2, 0.25) is 0 Å². The van der Waals surface area contributed by atoms with Crippen LogP contribution in [0.1, 0.15) is 32.1 Å². The minimum atomic E-state index is -0.225. The van der Waals surface area contributed by atoms with Crippen molar-refractivity contribution >= 4 is 0 Å². The lowest BCUT2D eigenvalue weighted by molar-refractivity contribution is 0.119. The zero-order chi connectivity index (χ0) is 7.84. The van der Waals surface area contributed by atoms with Crippen LogP contribution in [0.15, 0.2) is 0 Å². The summed E-state index contributed by atoms with van der Waals surface area (Å²) in [7, 11) is 0. The van der Waals surface area contributed by atoms with Gasteiger partial charge in [0.2, 0.25) is 0 Å². The molecule has 0 saturated heterocycles. The first-order chi connectivity index (χ1) is 5.27.